The molecule has 1 aliphatic rings. The topological polar surface area (TPSA) is 66.7 Å². The van der Waals surface area contributed by atoms with Crippen molar-refractivity contribution in [1.29, 1.82) is 0 Å². The van der Waals surface area contributed by atoms with Crippen molar-refractivity contribution in [2.24, 2.45) is 18.0 Å². The van der Waals surface area contributed by atoms with Crippen molar-refractivity contribution in [3.63, 3.8) is 0 Å². The Morgan fingerprint density at radius 1 is 1.22 bits per heavy atom. The first-order valence-electron chi connectivity index (χ1n) is 9.77. The van der Waals surface area contributed by atoms with E-state index >= 15 is 0 Å². The molecule has 1 unspecified atom stereocenters. The summed E-state index contributed by atoms with van der Waals surface area (Å²) in [5.74, 6) is 1.44. The molecule has 0 spiro atoms. The van der Waals surface area contributed by atoms with Crippen molar-refractivity contribution in [1.82, 2.24) is 25.3 Å². The van der Waals surface area contributed by atoms with Crippen LogP contribution in [0.2, 0.25) is 0 Å². The van der Waals surface area contributed by atoms with E-state index in [1.807, 2.05) is 18.7 Å². The summed E-state index contributed by atoms with van der Waals surface area (Å²) >= 11 is 0. The normalized spacial score (nSPS) is 16.9. The number of hydrogen-bond donors (Lipinski definition) is 2. The summed E-state index contributed by atoms with van der Waals surface area (Å²) in [4.78, 5) is 7.32. The second-order valence-corrected chi connectivity index (χ2v) is 7.31. The molecule has 1 atom stereocenters. The predicted octanol–water partition coefficient (Wildman–Crippen LogP) is 2.07. The number of rotatable bonds is 7. The number of hydrogen-bond acceptors (Lipinski definition) is 4. The lowest BCUT2D eigenvalue weighted by atomic mass is 10.0. The van der Waals surface area contributed by atoms with Crippen LogP contribution >= 0.6 is 24.0 Å². The summed E-state index contributed by atoms with van der Waals surface area (Å²) in [6, 6.07) is 0.477. The molecule has 0 saturated carbocycles. The van der Waals surface area contributed by atoms with E-state index in [-0.39, 0.29) is 24.0 Å². The molecule has 7 nitrogen and oxygen atoms in total. The van der Waals surface area contributed by atoms with E-state index in [9.17, 15) is 0 Å². The number of nitrogens with zero attached hydrogens (tertiary/aromatic N) is 4. The van der Waals surface area contributed by atoms with E-state index < -0.39 is 0 Å². The van der Waals surface area contributed by atoms with Gasteiger partial charge in [-0.05, 0) is 26.7 Å². The Labute approximate surface area is 181 Å². The smallest absolute Gasteiger partial charge is 0.191 e. The number of ether oxygens (including phenoxy) is 1. The fraction of sp³-hybridized carbons (Fsp3) is 0.789. The van der Waals surface area contributed by atoms with Crippen LogP contribution in [0.25, 0.3) is 0 Å². The number of aliphatic imine (C=N–C) groups is 1. The lowest BCUT2D eigenvalue weighted by molar-refractivity contribution is 0.00752. The van der Waals surface area contributed by atoms with Crippen molar-refractivity contribution in [3.8, 4) is 0 Å². The zero-order chi connectivity index (χ0) is 19.1. The van der Waals surface area contributed by atoms with Gasteiger partial charge in [-0.1, -0.05) is 13.8 Å². The highest BCUT2D eigenvalue weighted by Gasteiger charge is 2.23. The minimum atomic E-state index is 0. The van der Waals surface area contributed by atoms with Crippen molar-refractivity contribution >= 4 is 29.9 Å². The molecule has 0 aromatic carbocycles. The minimum absolute atomic E-state index is 0. The molecule has 8 heteroatoms. The van der Waals surface area contributed by atoms with Gasteiger partial charge in [-0.25, -0.2) is 4.99 Å². The number of aryl methyl sites for hydroxylation is 2. The van der Waals surface area contributed by atoms with Gasteiger partial charge in [0.1, 0.15) is 0 Å². The molecular weight excluding hydrogens is 455 g/mol. The average Bonchev–Trinajstić information content (AvgIpc) is 2.85. The molecule has 1 fully saturated rings. The van der Waals surface area contributed by atoms with Gasteiger partial charge < -0.3 is 15.4 Å². The highest BCUT2D eigenvalue weighted by atomic mass is 127. The van der Waals surface area contributed by atoms with E-state index in [1.165, 1.54) is 11.3 Å². The standard InChI is InChI=1S/C19H36N6O.HI/c1-7-20-19(21-12-17-15(4)23-24(6)16(17)5)22-13-18(14(2)3)25-8-10-26-11-9-25;/h14,18H,7-13H2,1-6H3,(H2,20,21,22);1H. The molecule has 2 N–H and O–H groups in total. The highest BCUT2D eigenvalue weighted by molar-refractivity contribution is 14.0. The van der Waals surface area contributed by atoms with Crippen LogP contribution in [0.3, 0.4) is 0 Å². The van der Waals surface area contributed by atoms with Gasteiger partial charge in [-0.3, -0.25) is 9.58 Å². The van der Waals surface area contributed by atoms with Crippen LogP contribution in [-0.2, 0) is 18.3 Å². The Bertz CT molecular complexity index is 595. The first-order valence-corrected chi connectivity index (χ1v) is 9.77. The van der Waals surface area contributed by atoms with E-state index in [4.69, 9.17) is 9.73 Å². The third kappa shape index (κ3) is 6.90. The number of aromatic nitrogens is 2. The number of guanidine groups is 1. The lowest BCUT2D eigenvalue weighted by Crippen LogP contribution is -2.52. The van der Waals surface area contributed by atoms with E-state index in [2.05, 4.69) is 48.3 Å². The molecule has 156 valence electrons. The van der Waals surface area contributed by atoms with Crippen LogP contribution in [-0.4, -0.2) is 66.1 Å². The molecule has 2 rings (SSSR count). The summed E-state index contributed by atoms with van der Waals surface area (Å²) < 4.78 is 7.42. The lowest BCUT2D eigenvalue weighted by Gasteiger charge is -2.37. The summed E-state index contributed by atoms with van der Waals surface area (Å²) in [6.45, 7) is 16.9. The van der Waals surface area contributed by atoms with E-state index in [1.54, 1.807) is 0 Å². The summed E-state index contributed by atoms with van der Waals surface area (Å²) in [5, 5.41) is 11.4. The Kier molecular flexibility index (Phi) is 10.6. The Morgan fingerprint density at radius 2 is 1.89 bits per heavy atom. The second-order valence-electron chi connectivity index (χ2n) is 7.31. The Balaban J connectivity index is 0.00000364. The second kappa shape index (κ2) is 11.9. The first kappa shape index (κ1) is 24.2. The van der Waals surface area contributed by atoms with Gasteiger partial charge in [0, 0.05) is 50.5 Å². The van der Waals surface area contributed by atoms with Crippen LogP contribution in [0.5, 0.6) is 0 Å². The van der Waals surface area contributed by atoms with Crippen LogP contribution in [0.4, 0.5) is 0 Å². The van der Waals surface area contributed by atoms with Crippen LogP contribution in [0, 0.1) is 19.8 Å². The number of halogens is 1. The molecule has 0 aliphatic carbocycles. The SMILES string of the molecule is CCNC(=NCc1c(C)nn(C)c1C)NCC(C(C)C)N1CCOCC1.I. The molecule has 1 saturated heterocycles. The Morgan fingerprint density at radius 3 is 2.41 bits per heavy atom. The molecule has 0 amide bonds. The third-order valence-corrected chi connectivity index (χ3v) is 5.16. The molecular formula is C19H37IN6O. The van der Waals surface area contributed by atoms with Gasteiger partial charge in [-0.2, -0.15) is 5.10 Å². The van der Waals surface area contributed by atoms with Gasteiger partial charge in [0.2, 0.25) is 0 Å². The fourth-order valence-electron chi connectivity index (χ4n) is 3.44. The van der Waals surface area contributed by atoms with E-state index in [0.29, 0.717) is 18.5 Å². The van der Waals surface area contributed by atoms with Crippen LogP contribution < -0.4 is 10.6 Å². The molecule has 1 aromatic rings. The minimum Gasteiger partial charge on any atom is -0.379 e. The molecule has 1 aromatic heterocycles. The number of morpholine rings is 1. The fourth-order valence-corrected chi connectivity index (χ4v) is 3.44. The maximum absolute atomic E-state index is 5.50. The summed E-state index contributed by atoms with van der Waals surface area (Å²) in [7, 11) is 1.98. The monoisotopic (exact) mass is 492 g/mol. The van der Waals surface area contributed by atoms with E-state index in [0.717, 1.165) is 51.0 Å². The van der Waals surface area contributed by atoms with Crippen molar-refractivity contribution in [3.05, 3.63) is 17.0 Å². The van der Waals surface area contributed by atoms with Crippen LogP contribution in [0.1, 0.15) is 37.7 Å². The maximum atomic E-state index is 5.50. The maximum Gasteiger partial charge on any atom is 0.191 e. The zero-order valence-electron chi connectivity index (χ0n) is 17.7. The quantitative estimate of drug-likeness (QED) is 0.347. The average molecular weight is 492 g/mol. The van der Waals surface area contributed by atoms with Crippen molar-refractivity contribution in [2.75, 3.05) is 39.4 Å². The van der Waals surface area contributed by atoms with Crippen LogP contribution in [0.15, 0.2) is 4.99 Å². The molecule has 2 heterocycles. The number of nitrogens with one attached hydrogen (secondary N) is 2. The third-order valence-electron chi connectivity index (χ3n) is 5.16. The summed E-state index contributed by atoms with van der Waals surface area (Å²) in [5.41, 5.74) is 3.44. The molecule has 0 radical (unpaired) electrons. The van der Waals surface area contributed by atoms with Gasteiger partial charge in [0.15, 0.2) is 5.96 Å². The van der Waals surface area contributed by atoms with Gasteiger partial charge in [0.05, 0.1) is 25.5 Å². The predicted molar refractivity (Wildman–Crippen MR) is 122 cm³/mol. The van der Waals surface area contributed by atoms with Crippen molar-refractivity contribution in [2.45, 2.75) is 47.2 Å². The van der Waals surface area contributed by atoms with Gasteiger partial charge >= 0.3 is 0 Å². The summed E-state index contributed by atoms with van der Waals surface area (Å²) in [6.07, 6.45) is 0. The highest BCUT2D eigenvalue weighted by Crippen LogP contribution is 2.14. The largest absolute Gasteiger partial charge is 0.379 e. The Hall–Kier alpha value is -0.870. The molecule has 0 bridgehead atoms. The van der Waals surface area contributed by atoms with Gasteiger partial charge in [0.25, 0.3) is 0 Å². The van der Waals surface area contributed by atoms with Gasteiger partial charge in [-0.15, -0.1) is 24.0 Å². The molecule has 27 heavy (non-hydrogen) atoms. The molecule has 1 aliphatic heterocycles. The first-order chi connectivity index (χ1) is 12.4. The zero-order valence-corrected chi connectivity index (χ0v) is 20.0. The van der Waals surface area contributed by atoms with Crippen molar-refractivity contribution < 1.29 is 4.74 Å².